The first-order chi connectivity index (χ1) is 20.4. The Balaban J connectivity index is 1.75. The van der Waals surface area contributed by atoms with Crippen LogP contribution in [0.25, 0.3) is 0 Å². The minimum absolute atomic E-state index is 0.00444. The molecular formula is C31H36N4O8. The maximum atomic E-state index is 13.4. The number of carboxylic acids is 1. The summed E-state index contributed by atoms with van der Waals surface area (Å²) in [6.45, 7) is 1.25. The number of hydrogen-bond donors (Lipinski definition) is 8. The van der Waals surface area contributed by atoms with E-state index in [1.54, 1.807) is 12.1 Å². The molecule has 0 saturated carbocycles. The lowest BCUT2D eigenvalue weighted by Crippen LogP contribution is -2.60. The normalized spacial score (nSPS) is 14.4. The molecule has 3 rings (SSSR count). The molecule has 0 aliphatic rings. The maximum absolute atomic E-state index is 13.4. The Morgan fingerprint density at radius 3 is 1.60 bits per heavy atom. The predicted octanol–water partition coefficient (Wildman–Crippen LogP) is 0.373. The van der Waals surface area contributed by atoms with Crippen molar-refractivity contribution in [2.24, 2.45) is 5.73 Å². The van der Waals surface area contributed by atoms with E-state index in [1.165, 1.54) is 43.3 Å². The molecule has 0 radical (unpaired) electrons. The summed E-state index contributed by atoms with van der Waals surface area (Å²) in [5.74, 6) is -3.75. The molecule has 0 saturated heterocycles. The Morgan fingerprint density at radius 1 is 0.651 bits per heavy atom. The minimum atomic E-state index is -1.56. The second-order valence-electron chi connectivity index (χ2n) is 10.2. The van der Waals surface area contributed by atoms with Crippen molar-refractivity contribution in [3.8, 4) is 11.5 Å². The molecule has 0 fully saturated rings. The van der Waals surface area contributed by atoms with E-state index in [-0.39, 0.29) is 30.8 Å². The van der Waals surface area contributed by atoms with Gasteiger partial charge in [0.2, 0.25) is 17.7 Å². The summed E-state index contributed by atoms with van der Waals surface area (Å²) in [6.07, 6.45) is -1.39. The molecule has 0 spiro atoms. The van der Waals surface area contributed by atoms with E-state index < -0.39 is 54.0 Å². The molecule has 0 aromatic heterocycles. The first-order valence-electron chi connectivity index (χ1n) is 13.6. The van der Waals surface area contributed by atoms with Crippen molar-refractivity contribution < 1.29 is 39.6 Å². The smallest absolute Gasteiger partial charge is 0.326 e. The van der Waals surface area contributed by atoms with Crippen molar-refractivity contribution in [3.63, 3.8) is 0 Å². The first kappa shape index (κ1) is 32.6. The van der Waals surface area contributed by atoms with Crippen molar-refractivity contribution >= 4 is 23.7 Å². The van der Waals surface area contributed by atoms with Gasteiger partial charge in [-0.1, -0.05) is 54.6 Å². The molecule has 5 unspecified atom stereocenters. The summed E-state index contributed by atoms with van der Waals surface area (Å²) in [5.41, 5.74) is 8.03. The largest absolute Gasteiger partial charge is 0.508 e. The van der Waals surface area contributed by atoms with Gasteiger partial charge in [-0.05, 0) is 54.3 Å². The van der Waals surface area contributed by atoms with Gasteiger partial charge >= 0.3 is 5.97 Å². The Hall–Kier alpha value is -4.94. The van der Waals surface area contributed by atoms with Gasteiger partial charge in [0.1, 0.15) is 29.6 Å². The lowest BCUT2D eigenvalue weighted by molar-refractivity contribution is -0.143. The topological polar surface area (TPSA) is 211 Å². The number of nitrogens with two attached hydrogens (primary N) is 1. The highest BCUT2D eigenvalue weighted by atomic mass is 16.4. The molecule has 0 heterocycles. The number of rotatable bonds is 14. The highest BCUT2D eigenvalue weighted by molar-refractivity contribution is 5.94. The average molecular weight is 593 g/mol. The van der Waals surface area contributed by atoms with Crippen LogP contribution in [-0.4, -0.2) is 74.4 Å². The molecule has 12 nitrogen and oxygen atoms in total. The number of aliphatic hydroxyl groups excluding tert-OH is 1. The van der Waals surface area contributed by atoms with Crippen LogP contribution in [0.15, 0.2) is 78.9 Å². The summed E-state index contributed by atoms with van der Waals surface area (Å²) in [4.78, 5) is 51.4. The van der Waals surface area contributed by atoms with Crippen LogP contribution in [0, 0.1) is 0 Å². The van der Waals surface area contributed by atoms with Crippen LogP contribution in [0.2, 0.25) is 0 Å². The van der Waals surface area contributed by atoms with Crippen LogP contribution in [0.3, 0.4) is 0 Å². The van der Waals surface area contributed by atoms with Gasteiger partial charge in [-0.3, -0.25) is 14.4 Å². The molecule has 5 atom stereocenters. The first-order valence-corrected chi connectivity index (χ1v) is 13.6. The molecule has 3 aromatic carbocycles. The summed E-state index contributed by atoms with van der Waals surface area (Å²) in [5, 5.41) is 46.5. The van der Waals surface area contributed by atoms with Crippen LogP contribution in [0.1, 0.15) is 23.6 Å². The Labute approximate surface area is 248 Å². The molecule has 3 amide bonds. The van der Waals surface area contributed by atoms with Crippen molar-refractivity contribution in [2.75, 3.05) is 0 Å². The highest BCUT2D eigenvalue weighted by Crippen LogP contribution is 2.14. The lowest BCUT2D eigenvalue weighted by Gasteiger charge is -2.26. The van der Waals surface area contributed by atoms with Crippen molar-refractivity contribution in [1.82, 2.24) is 16.0 Å². The number of carbonyl (C=O) groups is 4. The van der Waals surface area contributed by atoms with Gasteiger partial charge < -0.3 is 42.1 Å². The fourth-order valence-electron chi connectivity index (χ4n) is 4.30. The monoisotopic (exact) mass is 592 g/mol. The molecule has 0 bridgehead atoms. The SMILES string of the molecule is CC(O)C(NC(=O)C(Cc1ccc(O)cc1)NC(=O)C(N)Cc1ccccc1)C(=O)NC(Cc1ccc(O)cc1)C(=O)O. The Kier molecular flexibility index (Phi) is 11.6. The van der Waals surface area contributed by atoms with Crippen LogP contribution in [0.4, 0.5) is 0 Å². The van der Waals surface area contributed by atoms with E-state index in [9.17, 15) is 39.6 Å². The number of amides is 3. The molecular weight excluding hydrogens is 556 g/mol. The standard InChI is InChI=1S/C31H36N4O8/c1-18(36)27(30(41)34-26(31(42)43)17-21-9-13-23(38)14-10-21)35-29(40)25(16-20-7-11-22(37)12-8-20)33-28(39)24(32)15-19-5-3-2-4-6-19/h2-14,18,24-27,36-38H,15-17,32H2,1H3,(H,33,39)(H,34,41)(H,35,40)(H,42,43). The van der Waals surface area contributed by atoms with E-state index in [2.05, 4.69) is 16.0 Å². The summed E-state index contributed by atoms with van der Waals surface area (Å²) in [6, 6.07) is 15.6. The van der Waals surface area contributed by atoms with E-state index in [0.717, 1.165) is 5.56 Å². The molecule has 0 aliphatic heterocycles. The lowest BCUT2D eigenvalue weighted by atomic mass is 10.0. The van der Waals surface area contributed by atoms with Gasteiger partial charge in [0, 0.05) is 12.8 Å². The zero-order valence-corrected chi connectivity index (χ0v) is 23.5. The number of hydrogen-bond acceptors (Lipinski definition) is 8. The average Bonchev–Trinajstić information content (AvgIpc) is 2.97. The number of aromatic hydroxyl groups is 2. The zero-order valence-electron chi connectivity index (χ0n) is 23.5. The molecule has 9 N–H and O–H groups in total. The van der Waals surface area contributed by atoms with Crippen LogP contribution in [0.5, 0.6) is 11.5 Å². The van der Waals surface area contributed by atoms with Crippen molar-refractivity contribution in [2.45, 2.75) is 56.5 Å². The Morgan fingerprint density at radius 2 is 1.12 bits per heavy atom. The summed E-state index contributed by atoms with van der Waals surface area (Å²) < 4.78 is 0. The van der Waals surface area contributed by atoms with E-state index in [4.69, 9.17) is 5.73 Å². The summed E-state index contributed by atoms with van der Waals surface area (Å²) in [7, 11) is 0. The number of phenolic OH excluding ortho intramolecular Hbond substituents is 2. The van der Waals surface area contributed by atoms with Crippen LogP contribution in [-0.2, 0) is 38.4 Å². The third kappa shape index (κ3) is 10.1. The number of phenols is 2. The number of aliphatic hydroxyl groups is 1. The Bertz CT molecular complexity index is 1380. The molecule has 228 valence electrons. The van der Waals surface area contributed by atoms with Crippen LogP contribution >= 0.6 is 0 Å². The van der Waals surface area contributed by atoms with E-state index >= 15 is 0 Å². The summed E-state index contributed by atoms with van der Waals surface area (Å²) >= 11 is 0. The third-order valence-electron chi connectivity index (χ3n) is 6.70. The van der Waals surface area contributed by atoms with Crippen LogP contribution < -0.4 is 21.7 Å². The maximum Gasteiger partial charge on any atom is 0.326 e. The van der Waals surface area contributed by atoms with Gasteiger partial charge in [0.05, 0.1) is 12.1 Å². The van der Waals surface area contributed by atoms with Gasteiger partial charge in [0.15, 0.2) is 0 Å². The number of nitrogens with one attached hydrogen (secondary N) is 3. The van der Waals surface area contributed by atoms with Gasteiger partial charge in [-0.15, -0.1) is 0 Å². The number of benzene rings is 3. The fraction of sp³-hybridized carbons (Fsp3) is 0.290. The highest BCUT2D eigenvalue weighted by Gasteiger charge is 2.33. The van der Waals surface area contributed by atoms with Crippen molar-refractivity contribution in [1.29, 1.82) is 0 Å². The van der Waals surface area contributed by atoms with E-state index in [1.807, 2.05) is 30.3 Å². The second-order valence-corrected chi connectivity index (χ2v) is 10.2. The van der Waals surface area contributed by atoms with Crippen molar-refractivity contribution in [3.05, 3.63) is 95.6 Å². The fourth-order valence-corrected chi connectivity index (χ4v) is 4.30. The number of carbonyl (C=O) groups excluding carboxylic acids is 3. The predicted molar refractivity (Wildman–Crippen MR) is 157 cm³/mol. The third-order valence-corrected chi connectivity index (χ3v) is 6.70. The van der Waals surface area contributed by atoms with Gasteiger partial charge in [-0.25, -0.2) is 4.79 Å². The zero-order chi connectivity index (χ0) is 31.5. The molecule has 12 heteroatoms. The number of aliphatic carboxylic acids is 1. The van der Waals surface area contributed by atoms with Gasteiger partial charge in [-0.2, -0.15) is 0 Å². The van der Waals surface area contributed by atoms with E-state index in [0.29, 0.717) is 11.1 Å². The molecule has 3 aromatic rings. The quantitative estimate of drug-likeness (QED) is 0.130. The molecule has 43 heavy (non-hydrogen) atoms. The molecule has 0 aliphatic carbocycles. The minimum Gasteiger partial charge on any atom is -0.508 e. The second kappa shape index (κ2) is 15.3. The van der Waals surface area contributed by atoms with Gasteiger partial charge in [0.25, 0.3) is 0 Å². The number of carboxylic acid groups (broad SMARTS) is 1.